The van der Waals surface area contributed by atoms with E-state index in [0.717, 1.165) is 11.3 Å². The maximum atomic E-state index is 9.68. The number of benzene rings is 1. The van der Waals surface area contributed by atoms with Crippen LogP contribution in [0.1, 0.15) is 13.8 Å². The fourth-order valence-corrected chi connectivity index (χ4v) is 1.58. The zero-order valence-electron chi connectivity index (χ0n) is 9.92. The molecule has 2 rings (SSSR count). The predicted octanol–water partition coefficient (Wildman–Crippen LogP) is 3.24. The Bertz CT molecular complexity index is 492. The lowest BCUT2D eigenvalue weighted by molar-refractivity contribution is 0.242. The molecule has 17 heavy (non-hydrogen) atoms. The largest absolute Gasteiger partial charge is 0.506 e. The molecule has 0 aliphatic rings. The van der Waals surface area contributed by atoms with Crippen LogP contribution in [0.3, 0.4) is 0 Å². The highest BCUT2D eigenvalue weighted by Gasteiger charge is 2.05. The molecule has 3 heteroatoms. The lowest BCUT2D eigenvalue weighted by atomic mass is 10.1. The summed E-state index contributed by atoms with van der Waals surface area (Å²) in [6, 6.07) is 10.9. The zero-order chi connectivity index (χ0) is 12.3. The van der Waals surface area contributed by atoms with Gasteiger partial charge in [-0.1, -0.05) is 0 Å². The molecule has 0 saturated carbocycles. The molecule has 1 aromatic heterocycles. The van der Waals surface area contributed by atoms with Crippen LogP contribution in [-0.2, 0) is 0 Å². The number of aromatic nitrogens is 1. The third-order valence-electron chi connectivity index (χ3n) is 2.29. The second kappa shape index (κ2) is 4.87. The van der Waals surface area contributed by atoms with Gasteiger partial charge >= 0.3 is 0 Å². The SMILES string of the molecule is CC(C)Oc1ccc(-c2ncccc2O)cc1. The van der Waals surface area contributed by atoms with Gasteiger partial charge in [0.15, 0.2) is 0 Å². The molecule has 0 saturated heterocycles. The van der Waals surface area contributed by atoms with Gasteiger partial charge in [-0.15, -0.1) is 0 Å². The Balaban J connectivity index is 2.27. The van der Waals surface area contributed by atoms with Gasteiger partial charge in [0, 0.05) is 11.8 Å². The zero-order valence-corrected chi connectivity index (χ0v) is 9.92. The lowest BCUT2D eigenvalue weighted by Crippen LogP contribution is -2.05. The van der Waals surface area contributed by atoms with Gasteiger partial charge in [0.25, 0.3) is 0 Å². The second-order valence-electron chi connectivity index (χ2n) is 4.06. The van der Waals surface area contributed by atoms with Crippen LogP contribution < -0.4 is 4.74 Å². The summed E-state index contributed by atoms with van der Waals surface area (Å²) in [5, 5.41) is 9.68. The Morgan fingerprint density at radius 3 is 2.41 bits per heavy atom. The van der Waals surface area contributed by atoms with Crippen LogP contribution in [0.4, 0.5) is 0 Å². The molecule has 88 valence electrons. The monoisotopic (exact) mass is 229 g/mol. The van der Waals surface area contributed by atoms with Crippen molar-refractivity contribution in [1.82, 2.24) is 4.98 Å². The van der Waals surface area contributed by atoms with Gasteiger partial charge in [0.05, 0.1) is 6.10 Å². The van der Waals surface area contributed by atoms with Crippen molar-refractivity contribution in [2.75, 3.05) is 0 Å². The molecule has 3 nitrogen and oxygen atoms in total. The molecule has 0 amide bonds. The Kier molecular flexibility index (Phi) is 3.28. The molecular formula is C14H15NO2. The minimum atomic E-state index is 0.157. The van der Waals surface area contributed by atoms with Crippen LogP contribution in [0.5, 0.6) is 11.5 Å². The van der Waals surface area contributed by atoms with Gasteiger partial charge in [-0.3, -0.25) is 4.98 Å². The summed E-state index contributed by atoms with van der Waals surface area (Å²) >= 11 is 0. The topological polar surface area (TPSA) is 42.4 Å². The fourth-order valence-electron chi connectivity index (χ4n) is 1.58. The van der Waals surface area contributed by atoms with E-state index >= 15 is 0 Å². The maximum Gasteiger partial charge on any atom is 0.141 e. The minimum absolute atomic E-state index is 0.157. The van der Waals surface area contributed by atoms with Crippen molar-refractivity contribution in [1.29, 1.82) is 0 Å². The molecule has 2 aromatic rings. The quantitative estimate of drug-likeness (QED) is 0.878. The van der Waals surface area contributed by atoms with Crippen LogP contribution in [-0.4, -0.2) is 16.2 Å². The molecule has 1 heterocycles. The number of hydrogen-bond donors (Lipinski definition) is 1. The Labute approximate surface area is 101 Å². The van der Waals surface area contributed by atoms with Gasteiger partial charge in [0.2, 0.25) is 0 Å². The third kappa shape index (κ3) is 2.75. The summed E-state index contributed by atoms with van der Waals surface area (Å²) in [6.07, 6.45) is 1.82. The summed E-state index contributed by atoms with van der Waals surface area (Å²) in [5.41, 5.74) is 1.46. The maximum absolute atomic E-state index is 9.68. The standard InChI is InChI=1S/C14H15NO2/c1-10(2)17-12-7-5-11(6-8-12)14-13(16)4-3-9-15-14/h3-10,16H,1-2H3. The number of hydrogen-bond acceptors (Lipinski definition) is 3. The molecule has 0 fully saturated rings. The van der Waals surface area contributed by atoms with Crippen molar-refractivity contribution < 1.29 is 9.84 Å². The van der Waals surface area contributed by atoms with E-state index in [0.29, 0.717) is 5.69 Å². The number of pyridine rings is 1. The van der Waals surface area contributed by atoms with Gasteiger partial charge < -0.3 is 9.84 Å². The van der Waals surface area contributed by atoms with Crippen molar-refractivity contribution in [3.05, 3.63) is 42.6 Å². The highest BCUT2D eigenvalue weighted by atomic mass is 16.5. The van der Waals surface area contributed by atoms with E-state index in [1.165, 1.54) is 0 Å². The Morgan fingerprint density at radius 1 is 1.12 bits per heavy atom. The van der Waals surface area contributed by atoms with Gasteiger partial charge in [-0.2, -0.15) is 0 Å². The van der Waals surface area contributed by atoms with Crippen molar-refractivity contribution in [2.24, 2.45) is 0 Å². The number of nitrogens with zero attached hydrogens (tertiary/aromatic N) is 1. The van der Waals surface area contributed by atoms with Crippen LogP contribution >= 0.6 is 0 Å². The highest BCUT2D eigenvalue weighted by molar-refractivity contribution is 5.66. The Hall–Kier alpha value is -2.03. The predicted molar refractivity (Wildman–Crippen MR) is 67.1 cm³/mol. The number of ether oxygens (including phenoxy) is 1. The summed E-state index contributed by atoms with van der Waals surface area (Å²) < 4.78 is 5.55. The van der Waals surface area contributed by atoms with Crippen LogP contribution in [0.2, 0.25) is 0 Å². The molecule has 1 aromatic carbocycles. The van der Waals surface area contributed by atoms with E-state index < -0.39 is 0 Å². The summed E-state index contributed by atoms with van der Waals surface area (Å²) in [4.78, 5) is 4.15. The summed E-state index contributed by atoms with van der Waals surface area (Å²) in [6.45, 7) is 3.97. The molecule has 0 atom stereocenters. The molecule has 0 bridgehead atoms. The molecule has 0 radical (unpaired) electrons. The van der Waals surface area contributed by atoms with Crippen molar-refractivity contribution in [3.63, 3.8) is 0 Å². The van der Waals surface area contributed by atoms with E-state index in [1.54, 1.807) is 18.3 Å². The van der Waals surface area contributed by atoms with Crippen LogP contribution in [0.25, 0.3) is 11.3 Å². The first-order chi connectivity index (χ1) is 8.16. The molecular weight excluding hydrogens is 214 g/mol. The molecule has 0 aliphatic heterocycles. The first-order valence-electron chi connectivity index (χ1n) is 5.58. The van der Waals surface area contributed by atoms with Crippen molar-refractivity contribution in [2.45, 2.75) is 20.0 Å². The van der Waals surface area contributed by atoms with E-state index in [2.05, 4.69) is 4.98 Å². The van der Waals surface area contributed by atoms with E-state index in [1.807, 2.05) is 38.1 Å². The van der Waals surface area contributed by atoms with E-state index in [-0.39, 0.29) is 11.9 Å². The van der Waals surface area contributed by atoms with Gasteiger partial charge in [0.1, 0.15) is 17.2 Å². The fraction of sp³-hybridized carbons (Fsp3) is 0.214. The summed E-state index contributed by atoms with van der Waals surface area (Å²) in [5.74, 6) is 1.00. The lowest BCUT2D eigenvalue weighted by Gasteiger charge is -2.10. The van der Waals surface area contributed by atoms with E-state index in [9.17, 15) is 5.11 Å². The first-order valence-corrected chi connectivity index (χ1v) is 5.58. The average Bonchev–Trinajstić information content (AvgIpc) is 2.30. The second-order valence-corrected chi connectivity index (χ2v) is 4.06. The molecule has 0 unspecified atom stereocenters. The molecule has 0 spiro atoms. The Morgan fingerprint density at radius 2 is 1.82 bits per heavy atom. The molecule has 1 N–H and O–H groups in total. The smallest absolute Gasteiger partial charge is 0.141 e. The third-order valence-corrected chi connectivity index (χ3v) is 2.29. The van der Waals surface area contributed by atoms with E-state index in [4.69, 9.17) is 4.74 Å². The normalized spacial score (nSPS) is 10.5. The van der Waals surface area contributed by atoms with Crippen LogP contribution in [0, 0.1) is 0 Å². The van der Waals surface area contributed by atoms with Crippen LogP contribution in [0.15, 0.2) is 42.6 Å². The molecule has 0 aliphatic carbocycles. The van der Waals surface area contributed by atoms with Gasteiger partial charge in [-0.05, 0) is 50.2 Å². The average molecular weight is 229 g/mol. The van der Waals surface area contributed by atoms with Crippen molar-refractivity contribution >= 4 is 0 Å². The number of aromatic hydroxyl groups is 1. The highest BCUT2D eigenvalue weighted by Crippen LogP contribution is 2.27. The summed E-state index contributed by atoms with van der Waals surface area (Å²) in [7, 11) is 0. The first kappa shape index (κ1) is 11.5. The van der Waals surface area contributed by atoms with Gasteiger partial charge in [-0.25, -0.2) is 0 Å². The number of rotatable bonds is 3. The van der Waals surface area contributed by atoms with Crippen molar-refractivity contribution in [3.8, 4) is 22.8 Å². The minimum Gasteiger partial charge on any atom is -0.506 e.